The molecule has 156 valence electrons. The van der Waals surface area contributed by atoms with Crippen molar-refractivity contribution in [2.24, 2.45) is 0 Å². The van der Waals surface area contributed by atoms with E-state index in [2.05, 4.69) is 79.8 Å². The van der Waals surface area contributed by atoms with E-state index < -0.39 is 6.51 Å². The van der Waals surface area contributed by atoms with E-state index in [1.807, 2.05) is 0 Å². The zero-order valence-electron chi connectivity index (χ0n) is 17.7. The van der Waals surface area contributed by atoms with Gasteiger partial charge in [0, 0.05) is 0 Å². The van der Waals surface area contributed by atoms with Crippen molar-refractivity contribution in [3.05, 3.63) is 60.7 Å². The number of fused-ring (bicyclic) bond motifs is 10. The molecule has 12 rings (SSSR count). The second kappa shape index (κ2) is 1.91. The Balaban J connectivity index is 1.23. The van der Waals surface area contributed by atoms with Gasteiger partial charge in [-0.2, -0.15) is 0 Å². The van der Waals surface area contributed by atoms with Crippen molar-refractivity contribution in [3.8, 4) is 0 Å². The van der Waals surface area contributed by atoms with E-state index in [4.69, 9.17) is 0 Å². The first-order valence-electron chi connectivity index (χ1n) is 12.4. The molecule has 0 bridgehead atoms. The number of nitrogens with one attached hydrogen (secondary N) is 1. The van der Waals surface area contributed by atoms with Gasteiger partial charge in [-0.3, -0.25) is 0 Å². The van der Waals surface area contributed by atoms with Gasteiger partial charge in [0.2, 0.25) is 0 Å². The summed E-state index contributed by atoms with van der Waals surface area (Å²) in [5.74, 6) is 0. The fraction of sp³-hybridized carbons (Fsp3) is 0.556. The summed E-state index contributed by atoms with van der Waals surface area (Å²) in [5, 5.41) is 7.64. The summed E-state index contributed by atoms with van der Waals surface area (Å²) < 4.78 is 1.68. The average Bonchev–Trinajstić information content (AvgIpc) is 3.73. The molecule has 3 heteroatoms. The van der Waals surface area contributed by atoms with Gasteiger partial charge in [-0.05, 0) is 0 Å². The van der Waals surface area contributed by atoms with Crippen molar-refractivity contribution < 1.29 is 6.51 Å². The first kappa shape index (κ1) is 14.5. The van der Waals surface area contributed by atoms with Crippen LogP contribution in [0.25, 0.3) is 0 Å². The predicted octanol–water partition coefficient (Wildman–Crippen LogP) is 6.17. The topological polar surface area (TPSA) is 12.0 Å². The summed E-state index contributed by atoms with van der Waals surface area (Å²) in [7, 11) is -0.204. The minimum atomic E-state index is -3.50. The molecule has 2 aromatic carbocycles. The van der Waals surface area contributed by atoms with Crippen molar-refractivity contribution in [2.45, 2.75) is 73.2 Å². The van der Waals surface area contributed by atoms with E-state index in [0.717, 1.165) is 14.4 Å². The molecule has 10 aliphatic rings. The quantitative estimate of drug-likeness (QED) is 0.389. The average molecular weight is 455 g/mol. The third-order valence-corrected chi connectivity index (χ3v) is 68.8. The fourth-order valence-electron chi connectivity index (χ4n) is 20.7. The van der Waals surface area contributed by atoms with Crippen molar-refractivity contribution in [2.75, 3.05) is 6.54 Å². The van der Waals surface area contributed by atoms with E-state index in [1.54, 1.807) is 10.6 Å². The molecular weight excluding hydrogens is 425 g/mol. The standard InChI is InChI=1S/C22H25NP.C5H5.Fe/c1-3-17-23-18(2)21-15-10-16-22(21)24(19-11-6-4-7-12-19)20-13-8-5-9-14-20;1-2-4-5-3-1;/h4-16,18,23H,3,17H2,1-2H3;1-5H;/t18-;;/m1../s1. The zero-order chi connectivity index (χ0) is 19.4. The van der Waals surface area contributed by atoms with Crippen molar-refractivity contribution in [1.82, 2.24) is 5.32 Å². The maximum atomic E-state index is 4.18. The Morgan fingerprint density at radius 1 is 0.833 bits per heavy atom. The molecular formula is C27H30FeNP. The molecule has 10 saturated heterocycles. The Morgan fingerprint density at radius 3 is 1.80 bits per heavy atom. The molecule has 0 aromatic heterocycles. The van der Waals surface area contributed by atoms with Crippen molar-refractivity contribution in [1.29, 1.82) is 0 Å². The first-order valence-corrected chi connectivity index (χ1v) is 19.9. The third-order valence-electron chi connectivity index (χ3n) is 18.6. The third kappa shape index (κ3) is 0.268. The SMILES string of the molecule is CCCN[C@H](C)[C@@]12[CH]3[CH]4[CH]5[C]1(P(c1ccccc1)c1ccccc1)[Fe]45321678[CH]2[CH]1[CH]6[CH]7[CH]28. The Hall–Kier alpha value is -0.651. The Bertz CT molecular complexity index is 1540. The Labute approximate surface area is 170 Å². The van der Waals surface area contributed by atoms with E-state index in [1.165, 1.54) is 51.5 Å². The molecule has 0 amide bonds. The summed E-state index contributed by atoms with van der Waals surface area (Å²) in [5.41, 5.74) is 0. The molecule has 10 fully saturated rings. The van der Waals surface area contributed by atoms with Crippen molar-refractivity contribution >= 4 is 18.5 Å². The number of rotatable bonds is 7. The summed E-state index contributed by atoms with van der Waals surface area (Å²) in [6.45, 7) is 2.77. The van der Waals surface area contributed by atoms with Crippen LogP contribution in [0.4, 0.5) is 0 Å². The van der Waals surface area contributed by atoms with Gasteiger partial charge in [0.25, 0.3) is 0 Å². The molecule has 10 aliphatic heterocycles. The van der Waals surface area contributed by atoms with Crippen LogP contribution < -0.4 is 15.9 Å². The van der Waals surface area contributed by atoms with Crippen LogP contribution in [0, 0.1) is 0 Å². The second-order valence-corrected chi connectivity index (χ2v) is 40.5. The Kier molecular flexibility index (Phi) is 0.923. The summed E-state index contributed by atoms with van der Waals surface area (Å²) in [4.78, 5) is 10.8. The molecule has 2 aromatic rings. The monoisotopic (exact) mass is 455 g/mol. The van der Waals surface area contributed by atoms with Crippen LogP contribution in [0.15, 0.2) is 60.7 Å². The molecule has 1 nitrogen and oxygen atoms in total. The van der Waals surface area contributed by atoms with Crippen LogP contribution >= 0.6 is 7.92 Å². The van der Waals surface area contributed by atoms with Crippen LogP contribution in [0.1, 0.15) is 20.3 Å². The molecule has 1 N–H and O–H groups in total. The van der Waals surface area contributed by atoms with Crippen LogP contribution in [-0.2, 0) is 6.51 Å². The fourth-order valence-corrected chi connectivity index (χ4v) is 113. The van der Waals surface area contributed by atoms with Gasteiger partial charge >= 0.3 is 171 Å². The number of benzene rings is 2. The van der Waals surface area contributed by atoms with Crippen LogP contribution in [0.5, 0.6) is 0 Å². The molecule has 0 aliphatic carbocycles. The molecule has 1 spiro atoms. The van der Waals surface area contributed by atoms with Gasteiger partial charge < -0.3 is 0 Å². The predicted molar refractivity (Wildman–Crippen MR) is 122 cm³/mol. The summed E-state index contributed by atoms with van der Waals surface area (Å²) >= 11 is 0. The zero-order valence-corrected chi connectivity index (χ0v) is 19.7. The molecule has 10 heterocycles. The van der Waals surface area contributed by atoms with Crippen LogP contribution in [0.2, 0.25) is 42.8 Å². The maximum absolute atomic E-state index is 4.18. The van der Waals surface area contributed by atoms with E-state index in [-0.39, 0.29) is 7.92 Å². The van der Waals surface area contributed by atoms with E-state index >= 15 is 0 Å². The number of hydrogen-bond donors (Lipinski definition) is 1. The normalized spacial score (nSPS) is 76.2. The minimum absolute atomic E-state index is 0.204. The molecule has 30 heavy (non-hydrogen) atoms. The first-order chi connectivity index (χ1) is 14.5. The van der Waals surface area contributed by atoms with Gasteiger partial charge in [0.05, 0.1) is 0 Å². The van der Waals surface area contributed by atoms with Gasteiger partial charge in [0.1, 0.15) is 0 Å². The molecule has 0 radical (unpaired) electrons. The van der Waals surface area contributed by atoms with Gasteiger partial charge in [-0.15, -0.1) is 0 Å². The van der Waals surface area contributed by atoms with Crippen LogP contribution in [-0.4, -0.2) is 16.6 Å². The molecule has 6 atom stereocenters. The summed E-state index contributed by atoms with van der Waals surface area (Å²) in [6.07, 6.45) is 1.28. The second-order valence-electron chi connectivity index (χ2n) is 14.4. The molecule has 0 saturated carbocycles. The Morgan fingerprint density at radius 2 is 1.37 bits per heavy atom. The van der Waals surface area contributed by atoms with Crippen LogP contribution in [0.3, 0.4) is 0 Å². The van der Waals surface area contributed by atoms with E-state index in [9.17, 15) is 0 Å². The van der Waals surface area contributed by atoms with Gasteiger partial charge in [-0.1, -0.05) is 0 Å². The molecule has 4 unspecified atom stereocenters. The van der Waals surface area contributed by atoms with Crippen molar-refractivity contribution in [3.63, 3.8) is 0 Å². The van der Waals surface area contributed by atoms with Gasteiger partial charge in [-0.25, -0.2) is 0 Å². The number of hydrogen-bond acceptors (Lipinski definition) is 1. The van der Waals surface area contributed by atoms with Gasteiger partial charge in [0.15, 0.2) is 0 Å². The summed E-state index contributed by atoms with van der Waals surface area (Å²) in [6, 6.07) is 24.8. The van der Waals surface area contributed by atoms with E-state index in [0.29, 0.717) is 0 Å².